The van der Waals surface area contributed by atoms with E-state index in [1.807, 2.05) is 0 Å². The van der Waals surface area contributed by atoms with Crippen molar-refractivity contribution in [2.45, 2.75) is 31.1 Å². The van der Waals surface area contributed by atoms with Crippen LogP contribution in [-0.2, 0) is 17.6 Å². The van der Waals surface area contributed by atoms with Gasteiger partial charge in [-0.3, -0.25) is 9.52 Å². The van der Waals surface area contributed by atoms with Crippen LogP contribution in [0.4, 0.5) is 0 Å². The molecule has 0 aromatic heterocycles. The van der Waals surface area contributed by atoms with Gasteiger partial charge in [-0.2, -0.15) is 0 Å². The van der Waals surface area contributed by atoms with Crippen LogP contribution in [-0.4, -0.2) is 5.91 Å². The molecule has 0 radical (unpaired) electrons. The number of carbonyl (C=O) groups is 1. The monoisotopic (exact) mass is 207 g/mol. The Morgan fingerprint density at radius 3 is 2.93 bits per heavy atom. The van der Waals surface area contributed by atoms with Crippen LogP contribution in [0.1, 0.15) is 24.5 Å². The first-order chi connectivity index (χ1) is 6.75. The molecule has 1 amide bonds. The fraction of sp³-hybridized carbons (Fsp3) is 0.364. The molecule has 2 nitrogen and oxygen atoms in total. The smallest absolute Gasteiger partial charge is 0.226 e. The fourth-order valence-electron chi connectivity index (χ4n) is 1.74. The van der Waals surface area contributed by atoms with Crippen molar-refractivity contribution in [1.29, 1.82) is 0 Å². The highest BCUT2D eigenvalue weighted by molar-refractivity contribution is 7.98. The maximum atomic E-state index is 10.7. The Hall–Kier alpha value is -0.960. The molecule has 0 fully saturated rings. The van der Waals surface area contributed by atoms with Crippen LogP contribution in [0.15, 0.2) is 23.1 Å². The van der Waals surface area contributed by atoms with E-state index in [0.717, 1.165) is 4.90 Å². The van der Waals surface area contributed by atoms with Gasteiger partial charge in [0.25, 0.3) is 0 Å². The van der Waals surface area contributed by atoms with Gasteiger partial charge in [0.2, 0.25) is 5.91 Å². The molecule has 0 aliphatic heterocycles. The number of hydrogen-bond acceptors (Lipinski definition) is 2. The molecule has 0 saturated carbocycles. The molecule has 2 rings (SSSR count). The van der Waals surface area contributed by atoms with Crippen molar-refractivity contribution < 1.29 is 4.79 Å². The van der Waals surface area contributed by atoms with Gasteiger partial charge in [-0.05, 0) is 54.5 Å². The van der Waals surface area contributed by atoms with Crippen LogP contribution in [0.2, 0.25) is 0 Å². The van der Waals surface area contributed by atoms with Crippen molar-refractivity contribution in [3.8, 4) is 0 Å². The molecule has 0 spiro atoms. The van der Waals surface area contributed by atoms with Crippen LogP contribution in [0.25, 0.3) is 0 Å². The zero-order chi connectivity index (χ0) is 9.97. The van der Waals surface area contributed by atoms with Crippen LogP contribution in [0.5, 0.6) is 0 Å². The third-order valence-corrected chi connectivity index (χ3v) is 3.26. The molecule has 74 valence electrons. The highest BCUT2D eigenvalue weighted by Crippen LogP contribution is 2.26. The molecule has 1 aromatic rings. The topological polar surface area (TPSA) is 29.1 Å². The number of fused-ring (bicyclic) bond motifs is 1. The summed E-state index contributed by atoms with van der Waals surface area (Å²) in [6.45, 7) is 1.53. The summed E-state index contributed by atoms with van der Waals surface area (Å²) in [6.07, 6.45) is 3.66. The summed E-state index contributed by atoms with van der Waals surface area (Å²) in [6, 6.07) is 6.43. The standard InChI is InChI=1S/C11H13NOS/c1-8(13)12-14-11-6-5-9-3-2-4-10(9)7-11/h5-7H,2-4H2,1H3,(H,12,13). The Kier molecular flexibility index (Phi) is 2.77. The van der Waals surface area contributed by atoms with Gasteiger partial charge < -0.3 is 0 Å². The first-order valence-electron chi connectivity index (χ1n) is 4.81. The van der Waals surface area contributed by atoms with E-state index in [4.69, 9.17) is 0 Å². The van der Waals surface area contributed by atoms with E-state index >= 15 is 0 Å². The predicted molar refractivity (Wildman–Crippen MR) is 58.1 cm³/mol. The minimum absolute atomic E-state index is 0.00417. The molecule has 3 heteroatoms. The Morgan fingerprint density at radius 2 is 2.14 bits per heavy atom. The lowest BCUT2D eigenvalue weighted by Gasteiger charge is -2.04. The molecule has 0 bridgehead atoms. The van der Waals surface area contributed by atoms with E-state index in [1.165, 1.54) is 49.3 Å². The van der Waals surface area contributed by atoms with Gasteiger partial charge >= 0.3 is 0 Å². The maximum Gasteiger partial charge on any atom is 0.226 e. The molecule has 0 atom stereocenters. The molecular formula is C11H13NOS. The Morgan fingerprint density at radius 1 is 1.36 bits per heavy atom. The van der Waals surface area contributed by atoms with Gasteiger partial charge in [0, 0.05) is 11.8 Å². The Balaban J connectivity index is 2.09. The highest BCUT2D eigenvalue weighted by Gasteiger charge is 2.10. The second-order valence-electron chi connectivity index (χ2n) is 3.54. The average Bonchev–Trinajstić information content (AvgIpc) is 2.61. The molecule has 0 unspecified atom stereocenters. The van der Waals surface area contributed by atoms with Crippen molar-refractivity contribution in [3.63, 3.8) is 0 Å². The van der Waals surface area contributed by atoms with Crippen LogP contribution < -0.4 is 4.72 Å². The van der Waals surface area contributed by atoms with Crippen molar-refractivity contribution in [2.75, 3.05) is 0 Å². The van der Waals surface area contributed by atoms with Crippen molar-refractivity contribution >= 4 is 17.9 Å². The number of carbonyl (C=O) groups excluding carboxylic acids is 1. The first kappa shape index (κ1) is 9.59. The van der Waals surface area contributed by atoms with E-state index in [2.05, 4.69) is 22.9 Å². The predicted octanol–water partition coefficient (Wildman–Crippen LogP) is 2.32. The van der Waals surface area contributed by atoms with Crippen molar-refractivity contribution in [3.05, 3.63) is 29.3 Å². The number of amides is 1. The van der Waals surface area contributed by atoms with Crippen LogP contribution in [0.3, 0.4) is 0 Å². The average molecular weight is 207 g/mol. The molecule has 1 aliphatic carbocycles. The second kappa shape index (κ2) is 4.05. The number of aryl methyl sites for hydroxylation is 2. The van der Waals surface area contributed by atoms with Gasteiger partial charge in [0.05, 0.1) is 0 Å². The maximum absolute atomic E-state index is 10.7. The Labute approximate surface area is 88.2 Å². The molecule has 0 heterocycles. The summed E-state index contributed by atoms with van der Waals surface area (Å²) in [4.78, 5) is 11.8. The molecule has 1 aromatic carbocycles. The molecular weight excluding hydrogens is 194 g/mol. The van der Waals surface area contributed by atoms with Gasteiger partial charge in [-0.1, -0.05) is 6.07 Å². The van der Waals surface area contributed by atoms with Crippen LogP contribution >= 0.6 is 11.9 Å². The van der Waals surface area contributed by atoms with Crippen molar-refractivity contribution in [2.24, 2.45) is 0 Å². The molecule has 1 aliphatic rings. The lowest BCUT2D eigenvalue weighted by atomic mass is 10.1. The molecule has 1 N–H and O–H groups in total. The zero-order valence-corrected chi connectivity index (χ0v) is 8.99. The van der Waals surface area contributed by atoms with Gasteiger partial charge in [-0.25, -0.2) is 0 Å². The van der Waals surface area contributed by atoms with Gasteiger partial charge in [-0.15, -0.1) is 0 Å². The summed E-state index contributed by atoms with van der Waals surface area (Å²) < 4.78 is 2.73. The lowest BCUT2D eigenvalue weighted by molar-refractivity contribution is -0.117. The van der Waals surface area contributed by atoms with E-state index in [0.29, 0.717) is 0 Å². The lowest BCUT2D eigenvalue weighted by Crippen LogP contribution is -2.09. The summed E-state index contributed by atoms with van der Waals surface area (Å²) in [7, 11) is 0. The summed E-state index contributed by atoms with van der Waals surface area (Å²) in [5.41, 5.74) is 2.91. The van der Waals surface area contributed by atoms with E-state index in [-0.39, 0.29) is 5.91 Å². The number of hydrogen-bond donors (Lipinski definition) is 1. The van der Waals surface area contributed by atoms with E-state index < -0.39 is 0 Å². The quantitative estimate of drug-likeness (QED) is 0.754. The first-order valence-corrected chi connectivity index (χ1v) is 5.62. The SMILES string of the molecule is CC(=O)NSc1ccc2c(c1)CCC2. The minimum atomic E-state index is -0.00417. The fourth-order valence-corrected chi connectivity index (χ4v) is 2.34. The summed E-state index contributed by atoms with van der Waals surface area (Å²) >= 11 is 1.39. The minimum Gasteiger partial charge on any atom is -0.296 e. The van der Waals surface area contributed by atoms with Crippen LogP contribution in [0, 0.1) is 0 Å². The Bertz CT molecular complexity index is 362. The van der Waals surface area contributed by atoms with E-state index in [9.17, 15) is 4.79 Å². The summed E-state index contributed by atoms with van der Waals surface area (Å²) in [5, 5.41) is 0. The van der Waals surface area contributed by atoms with E-state index in [1.54, 1.807) is 0 Å². The summed E-state index contributed by atoms with van der Waals surface area (Å²) in [5.74, 6) is -0.00417. The normalized spacial score (nSPS) is 13.8. The molecule has 14 heavy (non-hydrogen) atoms. The highest BCUT2D eigenvalue weighted by atomic mass is 32.2. The third kappa shape index (κ3) is 2.10. The zero-order valence-electron chi connectivity index (χ0n) is 8.17. The van der Waals surface area contributed by atoms with Gasteiger partial charge in [0.15, 0.2) is 0 Å². The number of benzene rings is 1. The third-order valence-electron chi connectivity index (χ3n) is 2.38. The second-order valence-corrected chi connectivity index (χ2v) is 4.42. The number of nitrogens with one attached hydrogen (secondary N) is 1. The van der Waals surface area contributed by atoms with Gasteiger partial charge in [0.1, 0.15) is 0 Å². The largest absolute Gasteiger partial charge is 0.296 e. The number of rotatable bonds is 2. The molecule has 0 saturated heterocycles. The van der Waals surface area contributed by atoms with Crippen molar-refractivity contribution in [1.82, 2.24) is 4.72 Å².